The summed E-state index contributed by atoms with van der Waals surface area (Å²) in [6.07, 6.45) is 4.45. The van der Waals surface area contributed by atoms with Gasteiger partial charge in [-0.3, -0.25) is 0 Å². The minimum atomic E-state index is -0.191. The zero-order chi connectivity index (χ0) is 13.6. The van der Waals surface area contributed by atoms with E-state index in [2.05, 4.69) is 41.3 Å². The zero-order valence-corrected chi connectivity index (χ0v) is 13.6. The minimum absolute atomic E-state index is 0.191. The molecule has 0 saturated heterocycles. The fourth-order valence-electron chi connectivity index (χ4n) is 2.01. The number of benzene rings is 1. The van der Waals surface area contributed by atoms with Gasteiger partial charge in [-0.05, 0) is 42.9 Å². The average molecular weight is 334 g/mol. The quantitative estimate of drug-likeness (QED) is 0.782. The van der Waals surface area contributed by atoms with Gasteiger partial charge in [-0.1, -0.05) is 29.8 Å². The van der Waals surface area contributed by atoms with E-state index in [1.807, 2.05) is 17.8 Å². The molecule has 1 N–H and O–H groups in total. The Balaban J connectivity index is 2.55. The topological polar surface area (TPSA) is 12.0 Å². The first-order valence-electron chi connectivity index (χ1n) is 6.26. The minimum Gasteiger partial charge on any atom is -0.311 e. The largest absolute Gasteiger partial charge is 0.311 e. The molecule has 18 heavy (non-hydrogen) atoms. The molecule has 0 aromatic heterocycles. The molecule has 0 bridgehead atoms. The molecule has 0 heterocycles. The highest BCUT2D eigenvalue weighted by molar-refractivity contribution is 9.10. The Hall–Kier alpha value is -0.0600. The first-order chi connectivity index (χ1) is 8.55. The van der Waals surface area contributed by atoms with Gasteiger partial charge in [0.15, 0.2) is 0 Å². The van der Waals surface area contributed by atoms with Gasteiger partial charge in [-0.25, -0.2) is 4.39 Å². The van der Waals surface area contributed by atoms with Crippen molar-refractivity contribution in [3.63, 3.8) is 0 Å². The Morgan fingerprint density at radius 1 is 1.28 bits per heavy atom. The maximum Gasteiger partial charge on any atom is 0.124 e. The van der Waals surface area contributed by atoms with Crippen LogP contribution in [-0.4, -0.2) is 17.5 Å². The summed E-state index contributed by atoms with van der Waals surface area (Å²) in [5.41, 5.74) is 0.976. The predicted octanol–water partition coefficient (Wildman–Crippen LogP) is 4.60. The molecule has 1 aromatic carbocycles. The van der Waals surface area contributed by atoms with Crippen LogP contribution < -0.4 is 5.32 Å². The molecule has 0 aliphatic heterocycles. The van der Waals surface area contributed by atoms with Gasteiger partial charge in [0.2, 0.25) is 0 Å². The molecule has 0 spiro atoms. The van der Waals surface area contributed by atoms with Gasteiger partial charge in [-0.2, -0.15) is 11.8 Å². The highest BCUT2D eigenvalue weighted by atomic mass is 79.9. The lowest BCUT2D eigenvalue weighted by molar-refractivity contribution is 0.494. The van der Waals surface area contributed by atoms with Crippen molar-refractivity contribution in [1.82, 2.24) is 5.32 Å². The van der Waals surface area contributed by atoms with E-state index in [0.29, 0.717) is 11.3 Å². The predicted molar refractivity (Wildman–Crippen MR) is 82.6 cm³/mol. The average Bonchev–Trinajstić information content (AvgIpc) is 2.34. The molecule has 0 saturated carbocycles. The number of rotatable bonds is 7. The summed E-state index contributed by atoms with van der Waals surface area (Å²) in [6.45, 7) is 6.11. The van der Waals surface area contributed by atoms with Gasteiger partial charge in [-0.15, -0.1) is 0 Å². The van der Waals surface area contributed by atoms with Crippen molar-refractivity contribution in [3.8, 4) is 0 Å². The molecule has 0 unspecified atom stereocenters. The summed E-state index contributed by atoms with van der Waals surface area (Å²) in [5, 5.41) is 3.44. The van der Waals surface area contributed by atoms with E-state index in [9.17, 15) is 4.39 Å². The number of hydrogen-bond donors (Lipinski definition) is 1. The second-order valence-electron chi connectivity index (χ2n) is 4.48. The number of halogens is 2. The first kappa shape index (κ1) is 16.0. The van der Waals surface area contributed by atoms with Crippen molar-refractivity contribution in [3.05, 3.63) is 34.1 Å². The number of nitrogens with one attached hydrogen (secondary N) is 1. The van der Waals surface area contributed by atoms with Crippen LogP contribution in [0.25, 0.3) is 0 Å². The summed E-state index contributed by atoms with van der Waals surface area (Å²) in [6, 6.07) is 5.01. The molecule has 1 nitrogen and oxygen atoms in total. The van der Waals surface area contributed by atoms with Crippen LogP contribution in [0.2, 0.25) is 0 Å². The van der Waals surface area contributed by atoms with E-state index in [0.717, 1.165) is 29.4 Å². The summed E-state index contributed by atoms with van der Waals surface area (Å²) in [4.78, 5) is 0. The zero-order valence-electron chi connectivity index (χ0n) is 11.2. The molecule has 0 aliphatic carbocycles. The molecule has 1 aromatic rings. The van der Waals surface area contributed by atoms with Gasteiger partial charge < -0.3 is 5.32 Å². The van der Waals surface area contributed by atoms with Gasteiger partial charge in [0.05, 0.1) is 0 Å². The Labute approximate surface area is 122 Å². The van der Waals surface area contributed by atoms with Gasteiger partial charge in [0.1, 0.15) is 5.82 Å². The molecular weight excluding hydrogens is 313 g/mol. The van der Waals surface area contributed by atoms with E-state index < -0.39 is 0 Å². The first-order valence-corrected chi connectivity index (χ1v) is 8.28. The summed E-state index contributed by atoms with van der Waals surface area (Å²) in [7, 11) is 0. The number of hydrogen-bond acceptors (Lipinski definition) is 2. The highest BCUT2D eigenvalue weighted by Gasteiger charge is 2.23. The van der Waals surface area contributed by atoms with Crippen molar-refractivity contribution in [2.24, 2.45) is 0 Å². The molecule has 0 fully saturated rings. The second kappa shape index (κ2) is 7.51. The Kier molecular flexibility index (Phi) is 6.67. The third kappa shape index (κ3) is 4.56. The maximum absolute atomic E-state index is 13.2. The van der Waals surface area contributed by atoms with Crippen molar-refractivity contribution >= 4 is 27.7 Å². The van der Waals surface area contributed by atoms with Crippen LogP contribution in [0.4, 0.5) is 4.39 Å². The fraction of sp³-hybridized carbons (Fsp3) is 0.571. The molecule has 102 valence electrons. The maximum atomic E-state index is 13.2. The van der Waals surface area contributed by atoms with E-state index >= 15 is 0 Å². The van der Waals surface area contributed by atoms with Crippen LogP contribution in [0, 0.1) is 5.82 Å². The third-order valence-corrected chi connectivity index (χ3v) is 5.47. The highest BCUT2D eigenvalue weighted by Crippen LogP contribution is 2.29. The van der Waals surface area contributed by atoms with Crippen LogP contribution in [0.1, 0.15) is 32.3 Å². The summed E-state index contributed by atoms with van der Waals surface area (Å²) in [5.74, 6) is -0.191. The van der Waals surface area contributed by atoms with Crippen LogP contribution in [0.5, 0.6) is 0 Å². The fourth-order valence-corrected chi connectivity index (χ4v) is 3.34. The molecule has 0 atom stereocenters. The van der Waals surface area contributed by atoms with Crippen molar-refractivity contribution in [2.75, 3.05) is 12.8 Å². The standard InChI is InChI=1S/C14H21BrFNS/c1-4-14(5-2,18-3)10-17-9-11-6-12(15)8-13(16)7-11/h6-8,17H,4-5,9-10H2,1-3H3. The second-order valence-corrected chi connectivity index (χ2v) is 6.67. The normalized spacial score (nSPS) is 11.8. The summed E-state index contributed by atoms with van der Waals surface area (Å²) < 4.78 is 14.3. The van der Waals surface area contributed by atoms with E-state index in [4.69, 9.17) is 0 Å². The Bertz CT molecular complexity index is 352. The van der Waals surface area contributed by atoms with Gasteiger partial charge in [0, 0.05) is 22.3 Å². The van der Waals surface area contributed by atoms with Crippen molar-refractivity contribution in [1.29, 1.82) is 0 Å². The lowest BCUT2D eigenvalue weighted by Crippen LogP contribution is -2.36. The molecule has 0 radical (unpaired) electrons. The molecule has 1 rings (SSSR count). The van der Waals surface area contributed by atoms with E-state index in [1.54, 1.807) is 6.07 Å². The lowest BCUT2D eigenvalue weighted by atomic mass is 10.0. The smallest absolute Gasteiger partial charge is 0.124 e. The summed E-state index contributed by atoms with van der Waals surface area (Å²) >= 11 is 5.23. The van der Waals surface area contributed by atoms with Crippen LogP contribution in [0.15, 0.2) is 22.7 Å². The Morgan fingerprint density at radius 3 is 2.44 bits per heavy atom. The Morgan fingerprint density at radius 2 is 1.94 bits per heavy atom. The van der Waals surface area contributed by atoms with Crippen LogP contribution >= 0.6 is 27.7 Å². The van der Waals surface area contributed by atoms with Crippen molar-refractivity contribution < 1.29 is 4.39 Å². The van der Waals surface area contributed by atoms with Crippen LogP contribution in [-0.2, 0) is 6.54 Å². The van der Waals surface area contributed by atoms with Gasteiger partial charge >= 0.3 is 0 Å². The van der Waals surface area contributed by atoms with Crippen molar-refractivity contribution in [2.45, 2.75) is 38.0 Å². The molecule has 4 heteroatoms. The third-order valence-electron chi connectivity index (χ3n) is 3.42. The van der Waals surface area contributed by atoms with E-state index in [-0.39, 0.29) is 5.82 Å². The molecular formula is C14H21BrFNS. The SMILES string of the molecule is CCC(CC)(CNCc1cc(F)cc(Br)c1)SC. The van der Waals surface area contributed by atoms with Gasteiger partial charge in [0.25, 0.3) is 0 Å². The monoisotopic (exact) mass is 333 g/mol. The number of thioether (sulfide) groups is 1. The van der Waals surface area contributed by atoms with Crippen LogP contribution in [0.3, 0.4) is 0 Å². The molecule has 0 amide bonds. The lowest BCUT2D eigenvalue weighted by Gasteiger charge is -2.30. The van der Waals surface area contributed by atoms with E-state index in [1.165, 1.54) is 6.07 Å². The molecule has 0 aliphatic rings.